The third-order valence-electron chi connectivity index (χ3n) is 5.69. The van der Waals surface area contributed by atoms with Gasteiger partial charge < -0.3 is 19.9 Å². The minimum Gasteiger partial charge on any atom is -0.391 e. The maximum Gasteiger partial charge on any atom is 0.252 e. The number of hydrogen-bond acceptors (Lipinski definition) is 5. The number of aliphatic hydroxyl groups is 1. The zero-order valence-corrected chi connectivity index (χ0v) is 15.0. The molecule has 0 aromatic carbocycles. The Kier molecular flexibility index (Phi) is 4.63. The fraction of sp³-hybridized carbons (Fsp3) is 0.526. The van der Waals surface area contributed by atoms with E-state index >= 15 is 0 Å². The first-order chi connectivity index (χ1) is 12.7. The maximum absolute atomic E-state index is 11.9. The Morgan fingerprint density at radius 2 is 2.12 bits per heavy atom. The van der Waals surface area contributed by atoms with Crippen molar-refractivity contribution in [3.63, 3.8) is 0 Å². The van der Waals surface area contributed by atoms with Gasteiger partial charge in [0.1, 0.15) is 5.82 Å². The number of nitrogens with one attached hydrogen (secondary N) is 1. The number of pyridine rings is 1. The largest absolute Gasteiger partial charge is 0.391 e. The molecule has 3 heterocycles. The highest BCUT2D eigenvalue weighted by atomic mass is 16.3. The first-order valence-corrected chi connectivity index (χ1v) is 9.30. The number of carbonyl (C=O) groups is 1. The van der Waals surface area contributed by atoms with E-state index in [9.17, 15) is 9.90 Å². The van der Waals surface area contributed by atoms with E-state index < -0.39 is 0 Å². The summed E-state index contributed by atoms with van der Waals surface area (Å²) in [7, 11) is 0. The normalized spacial score (nSPS) is 28.0. The predicted octanol–water partition coefficient (Wildman–Crippen LogP) is 1.48. The SMILES string of the molecule is CCNC(=O)c1ccc(N2C[C@H]3C[C@@H](n4ccnc4)[C@H](O)C[C@H]3C2)nc1. The number of amides is 1. The van der Waals surface area contributed by atoms with Gasteiger partial charge in [-0.1, -0.05) is 0 Å². The quantitative estimate of drug-likeness (QED) is 0.868. The van der Waals surface area contributed by atoms with Gasteiger partial charge in [-0.3, -0.25) is 4.79 Å². The summed E-state index contributed by atoms with van der Waals surface area (Å²) in [4.78, 5) is 22.8. The molecule has 7 nitrogen and oxygen atoms in total. The lowest BCUT2D eigenvalue weighted by molar-refractivity contribution is 0.0358. The monoisotopic (exact) mass is 355 g/mol. The topological polar surface area (TPSA) is 83.3 Å². The molecule has 2 aromatic rings. The number of aromatic nitrogens is 3. The third-order valence-corrected chi connectivity index (χ3v) is 5.69. The summed E-state index contributed by atoms with van der Waals surface area (Å²) in [5.41, 5.74) is 0.586. The first kappa shape index (κ1) is 17.0. The molecule has 26 heavy (non-hydrogen) atoms. The molecule has 1 saturated carbocycles. The van der Waals surface area contributed by atoms with E-state index in [-0.39, 0.29) is 18.1 Å². The van der Waals surface area contributed by atoms with Crippen LogP contribution in [0.25, 0.3) is 0 Å². The smallest absolute Gasteiger partial charge is 0.252 e. The number of nitrogens with zero attached hydrogens (tertiary/aromatic N) is 4. The molecule has 0 unspecified atom stereocenters. The van der Waals surface area contributed by atoms with E-state index in [0.717, 1.165) is 31.7 Å². The van der Waals surface area contributed by atoms with Crippen LogP contribution in [0.2, 0.25) is 0 Å². The van der Waals surface area contributed by atoms with Crippen LogP contribution in [0.5, 0.6) is 0 Å². The van der Waals surface area contributed by atoms with Gasteiger partial charge in [0.25, 0.3) is 5.91 Å². The molecule has 4 rings (SSSR count). The van der Waals surface area contributed by atoms with Gasteiger partial charge in [-0.2, -0.15) is 0 Å². The van der Waals surface area contributed by atoms with Crippen molar-refractivity contribution in [2.24, 2.45) is 11.8 Å². The zero-order valence-electron chi connectivity index (χ0n) is 15.0. The second-order valence-corrected chi connectivity index (χ2v) is 7.31. The van der Waals surface area contributed by atoms with Gasteiger partial charge in [-0.05, 0) is 43.7 Å². The Hall–Kier alpha value is -2.41. The standard InChI is InChI=1S/C19H25N5O2/c1-2-21-19(26)13-3-4-18(22-9-13)24-10-14-7-16(23-6-5-20-12-23)17(25)8-15(14)11-24/h3-6,9,12,14-17,25H,2,7-8,10-11H2,1H3,(H,21,26)/t14-,15+,16-,17-/m1/s1. The summed E-state index contributed by atoms with van der Waals surface area (Å²) in [6.07, 6.45) is 8.56. The fourth-order valence-electron chi connectivity index (χ4n) is 4.35. The lowest BCUT2D eigenvalue weighted by Crippen LogP contribution is -2.35. The Morgan fingerprint density at radius 3 is 2.77 bits per heavy atom. The van der Waals surface area contributed by atoms with Crippen LogP contribution in [0.3, 0.4) is 0 Å². The Bertz CT molecular complexity index is 746. The van der Waals surface area contributed by atoms with E-state index in [1.165, 1.54) is 0 Å². The van der Waals surface area contributed by atoms with Gasteiger partial charge in [0.15, 0.2) is 0 Å². The third kappa shape index (κ3) is 3.19. The Labute approximate surface area is 153 Å². The second-order valence-electron chi connectivity index (χ2n) is 7.31. The molecule has 0 radical (unpaired) electrons. The number of carbonyl (C=O) groups excluding carboxylic acids is 1. The number of aliphatic hydroxyl groups excluding tert-OH is 1. The zero-order chi connectivity index (χ0) is 18.1. The maximum atomic E-state index is 11.9. The number of imidazole rings is 1. The lowest BCUT2D eigenvalue weighted by atomic mass is 9.77. The van der Waals surface area contributed by atoms with Gasteiger partial charge in [0.05, 0.1) is 24.0 Å². The van der Waals surface area contributed by atoms with Crippen molar-refractivity contribution in [2.45, 2.75) is 31.9 Å². The van der Waals surface area contributed by atoms with Crippen molar-refractivity contribution in [2.75, 3.05) is 24.5 Å². The minimum atomic E-state index is -0.335. The van der Waals surface area contributed by atoms with Crippen molar-refractivity contribution < 1.29 is 9.90 Å². The van der Waals surface area contributed by atoms with Crippen LogP contribution < -0.4 is 10.2 Å². The van der Waals surface area contributed by atoms with Crippen LogP contribution in [0, 0.1) is 11.8 Å². The Morgan fingerprint density at radius 1 is 1.31 bits per heavy atom. The van der Waals surface area contributed by atoms with Crippen LogP contribution in [0.1, 0.15) is 36.2 Å². The molecule has 1 saturated heterocycles. The van der Waals surface area contributed by atoms with E-state index in [0.29, 0.717) is 23.9 Å². The molecular formula is C19H25N5O2. The summed E-state index contributed by atoms with van der Waals surface area (Å²) in [5, 5.41) is 13.4. The molecule has 138 valence electrons. The molecule has 0 spiro atoms. The van der Waals surface area contributed by atoms with Gasteiger partial charge in [-0.25, -0.2) is 9.97 Å². The average Bonchev–Trinajstić information content (AvgIpc) is 3.30. The molecule has 4 atom stereocenters. The summed E-state index contributed by atoms with van der Waals surface area (Å²) < 4.78 is 2.03. The van der Waals surface area contributed by atoms with Gasteiger partial charge in [-0.15, -0.1) is 0 Å². The molecule has 2 N–H and O–H groups in total. The van der Waals surface area contributed by atoms with Crippen LogP contribution >= 0.6 is 0 Å². The number of anilines is 1. The van der Waals surface area contributed by atoms with Crippen molar-refractivity contribution in [3.8, 4) is 0 Å². The van der Waals surface area contributed by atoms with E-state index in [1.807, 2.05) is 29.8 Å². The van der Waals surface area contributed by atoms with Crippen LogP contribution in [0.4, 0.5) is 5.82 Å². The molecular weight excluding hydrogens is 330 g/mol. The van der Waals surface area contributed by atoms with Crippen molar-refractivity contribution in [3.05, 3.63) is 42.6 Å². The molecule has 2 aromatic heterocycles. The summed E-state index contributed by atoms with van der Waals surface area (Å²) in [6.45, 7) is 4.36. The average molecular weight is 355 g/mol. The van der Waals surface area contributed by atoms with Crippen molar-refractivity contribution in [1.82, 2.24) is 19.9 Å². The molecule has 1 aliphatic heterocycles. The molecule has 2 fully saturated rings. The summed E-state index contributed by atoms with van der Waals surface area (Å²) in [6, 6.07) is 3.86. The number of fused-ring (bicyclic) bond motifs is 1. The first-order valence-electron chi connectivity index (χ1n) is 9.30. The van der Waals surface area contributed by atoms with Gasteiger partial charge in [0.2, 0.25) is 0 Å². The number of hydrogen-bond donors (Lipinski definition) is 2. The van der Waals surface area contributed by atoms with Crippen molar-refractivity contribution >= 4 is 11.7 Å². The molecule has 0 bridgehead atoms. The van der Waals surface area contributed by atoms with Crippen LogP contribution in [-0.2, 0) is 0 Å². The highest BCUT2D eigenvalue weighted by Crippen LogP contribution is 2.42. The molecule has 2 aliphatic rings. The van der Waals surface area contributed by atoms with Gasteiger partial charge in [0, 0.05) is 38.2 Å². The Balaban J connectivity index is 1.44. The number of rotatable bonds is 4. The fourth-order valence-corrected chi connectivity index (χ4v) is 4.35. The summed E-state index contributed by atoms with van der Waals surface area (Å²) in [5.74, 6) is 1.83. The highest BCUT2D eigenvalue weighted by Gasteiger charge is 2.42. The molecule has 7 heteroatoms. The van der Waals surface area contributed by atoms with Crippen LogP contribution in [0.15, 0.2) is 37.1 Å². The van der Waals surface area contributed by atoms with E-state index in [1.54, 1.807) is 18.7 Å². The molecule has 1 aliphatic carbocycles. The second kappa shape index (κ2) is 7.07. The lowest BCUT2D eigenvalue weighted by Gasteiger charge is -2.35. The van der Waals surface area contributed by atoms with E-state index in [4.69, 9.17) is 0 Å². The minimum absolute atomic E-state index is 0.0899. The predicted molar refractivity (Wildman–Crippen MR) is 97.9 cm³/mol. The van der Waals surface area contributed by atoms with Crippen molar-refractivity contribution in [1.29, 1.82) is 0 Å². The highest BCUT2D eigenvalue weighted by molar-refractivity contribution is 5.94. The van der Waals surface area contributed by atoms with Crippen LogP contribution in [-0.4, -0.2) is 51.3 Å². The summed E-state index contributed by atoms with van der Waals surface area (Å²) >= 11 is 0. The van der Waals surface area contributed by atoms with Gasteiger partial charge >= 0.3 is 0 Å². The van der Waals surface area contributed by atoms with E-state index in [2.05, 4.69) is 20.2 Å². The molecule has 1 amide bonds.